The Hall–Kier alpha value is -2.88. The summed E-state index contributed by atoms with van der Waals surface area (Å²) in [6, 6.07) is 18.3. The summed E-state index contributed by atoms with van der Waals surface area (Å²) in [5.41, 5.74) is 4.05. The Morgan fingerprint density at radius 1 is 1.12 bits per heavy atom. The SMILES string of the molecule is CCCN(C)c1ccc(CCC(=O)Nc2cnc3ccccc3c2)cc1. The van der Waals surface area contributed by atoms with Gasteiger partial charge in [-0.1, -0.05) is 37.3 Å². The van der Waals surface area contributed by atoms with Crippen molar-refractivity contribution in [1.29, 1.82) is 0 Å². The average molecular weight is 347 g/mol. The second-order valence-electron chi connectivity index (χ2n) is 6.55. The molecule has 1 heterocycles. The monoisotopic (exact) mass is 347 g/mol. The molecule has 134 valence electrons. The molecule has 0 unspecified atom stereocenters. The summed E-state index contributed by atoms with van der Waals surface area (Å²) in [5, 5.41) is 3.97. The van der Waals surface area contributed by atoms with Crippen molar-refractivity contribution in [3.05, 3.63) is 66.4 Å². The Bertz CT molecular complexity index is 874. The van der Waals surface area contributed by atoms with Crippen molar-refractivity contribution >= 4 is 28.2 Å². The van der Waals surface area contributed by atoms with Gasteiger partial charge in [-0.2, -0.15) is 0 Å². The van der Waals surface area contributed by atoms with E-state index in [1.165, 1.54) is 11.3 Å². The van der Waals surface area contributed by atoms with Crippen molar-refractivity contribution in [3.8, 4) is 0 Å². The Labute approximate surface area is 154 Å². The fourth-order valence-electron chi connectivity index (χ4n) is 3.00. The van der Waals surface area contributed by atoms with Gasteiger partial charge in [-0.05, 0) is 42.7 Å². The summed E-state index contributed by atoms with van der Waals surface area (Å²) >= 11 is 0. The van der Waals surface area contributed by atoms with Crippen molar-refractivity contribution in [2.75, 3.05) is 23.8 Å². The van der Waals surface area contributed by atoms with Crippen LogP contribution in [0.1, 0.15) is 25.3 Å². The standard InChI is InChI=1S/C22H25N3O/c1-3-14-25(2)20-11-8-17(9-12-20)10-13-22(26)24-19-15-18-6-4-5-7-21(18)23-16-19/h4-9,11-12,15-16H,3,10,13-14H2,1-2H3,(H,24,26). The quantitative estimate of drug-likeness (QED) is 0.676. The van der Waals surface area contributed by atoms with Crippen molar-refractivity contribution in [2.24, 2.45) is 0 Å². The summed E-state index contributed by atoms with van der Waals surface area (Å²) in [7, 11) is 2.10. The van der Waals surface area contributed by atoms with Crippen molar-refractivity contribution in [2.45, 2.75) is 26.2 Å². The first-order valence-corrected chi connectivity index (χ1v) is 9.10. The lowest BCUT2D eigenvalue weighted by Gasteiger charge is -2.18. The average Bonchev–Trinajstić information content (AvgIpc) is 2.67. The molecule has 0 aliphatic heterocycles. The van der Waals surface area contributed by atoms with E-state index in [2.05, 4.69) is 53.4 Å². The van der Waals surface area contributed by atoms with Crippen LogP contribution < -0.4 is 10.2 Å². The number of hydrogen-bond donors (Lipinski definition) is 1. The molecule has 2 aromatic carbocycles. The molecule has 0 atom stereocenters. The van der Waals surface area contributed by atoms with Crippen LogP contribution in [0.25, 0.3) is 10.9 Å². The van der Waals surface area contributed by atoms with Crippen LogP contribution in [0.3, 0.4) is 0 Å². The van der Waals surface area contributed by atoms with Gasteiger partial charge in [-0.15, -0.1) is 0 Å². The maximum Gasteiger partial charge on any atom is 0.224 e. The Balaban J connectivity index is 1.54. The van der Waals surface area contributed by atoms with Crippen molar-refractivity contribution in [1.82, 2.24) is 4.98 Å². The molecule has 3 rings (SSSR count). The van der Waals surface area contributed by atoms with Gasteiger partial charge in [0.1, 0.15) is 0 Å². The Kier molecular flexibility index (Phi) is 5.84. The molecule has 0 aliphatic carbocycles. The van der Waals surface area contributed by atoms with Crippen LogP contribution in [-0.4, -0.2) is 24.5 Å². The van der Waals surface area contributed by atoms with Gasteiger partial charge in [0.2, 0.25) is 5.91 Å². The van der Waals surface area contributed by atoms with Gasteiger partial charge in [0, 0.05) is 31.1 Å². The summed E-state index contributed by atoms with van der Waals surface area (Å²) in [6.45, 7) is 3.22. The fourth-order valence-corrected chi connectivity index (χ4v) is 3.00. The van der Waals surface area contributed by atoms with Crippen molar-refractivity contribution in [3.63, 3.8) is 0 Å². The number of fused-ring (bicyclic) bond motifs is 1. The molecule has 1 N–H and O–H groups in total. The fraction of sp³-hybridized carbons (Fsp3) is 0.273. The molecule has 3 aromatic rings. The number of nitrogens with zero attached hydrogens (tertiary/aromatic N) is 2. The third kappa shape index (κ3) is 4.60. The molecule has 0 spiro atoms. The van der Waals surface area contributed by atoms with Crippen LogP contribution in [0.4, 0.5) is 11.4 Å². The van der Waals surface area contributed by atoms with Gasteiger partial charge in [-0.25, -0.2) is 0 Å². The maximum absolute atomic E-state index is 12.2. The van der Waals surface area contributed by atoms with Gasteiger partial charge < -0.3 is 10.2 Å². The van der Waals surface area contributed by atoms with Gasteiger partial charge in [0.25, 0.3) is 0 Å². The van der Waals surface area contributed by atoms with Gasteiger partial charge >= 0.3 is 0 Å². The minimum absolute atomic E-state index is 0.00857. The number of amides is 1. The molecule has 4 nitrogen and oxygen atoms in total. The maximum atomic E-state index is 12.2. The first-order chi connectivity index (χ1) is 12.7. The molecule has 0 saturated carbocycles. The van der Waals surface area contributed by atoms with E-state index >= 15 is 0 Å². The highest BCUT2D eigenvalue weighted by Gasteiger charge is 2.06. The number of hydrogen-bond acceptors (Lipinski definition) is 3. The minimum atomic E-state index is 0.00857. The van der Waals surface area contributed by atoms with Crippen LogP contribution >= 0.6 is 0 Å². The summed E-state index contributed by atoms with van der Waals surface area (Å²) in [6.07, 6.45) is 4.02. The van der Waals surface area contributed by atoms with Crippen LogP contribution in [0.5, 0.6) is 0 Å². The molecule has 0 radical (unpaired) electrons. The zero-order chi connectivity index (χ0) is 18.4. The van der Waals surface area contributed by atoms with E-state index in [0.717, 1.165) is 36.0 Å². The smallest absolute Gasteiger partial charge is 0.224 e. The second-order valence-corrected chi connectivity index (χ2v) is 6.55. The molecular formula is C22H25N3O. The lowest BCUT2D eigenvalue weighted by molar-refractivity contribution is -0.116. The molecule has 26 heavy (non-hydrogen) atoms. The number of aromatic nitrogens is 1. The van der Waals surface area contributed by atoms with Gasteiger partial charge in [0.15, 0.2) is 0 Å². The van der Waals surface area contributed by atoms with E-state index in [9.17, 15) is 4.79 Å². The van der Waals surface area contributed by atoms with Crippen LogP contribution in [-0.2, 0) is 11.2 Å². The predicted molar refractivity (Wildman–Crippen MR) is 109 cm³/mol. The predicted octanol–water partition coefficient (Wildman–Crippen LogP) is 4.65. The van der Waals surface area contributed by atoms with E-state index in [0.29, 0.717) is 6.42 Å². The zero-order valence-electron chi connectivity index (χ0n) is 15.4. The lowest BCUT2D eigenvalue weighted by Crippen LogP contribution is -2.17. The normalized spacial score (nSPS) is 10.7. The number of carbonyl (C=O) groups excluding carboxylic acids is 1. The van der Waals surface area contributed by atoms with E-state index in [1.807, 2.05) is 30.3 Å². The molecule has 0 aliphatic rings. The molecule has 1 aromatic heterocycles. The Morgan fingerprint density at radius 3 is 2.65 bits per heavy atom. The summed E-state index contributed by atoms with van der Waals surface area (Å²) in [4.78, 5) is 18.8. The highest BCUT2D eigenvalue weighted by molar-refractivity contribution is 5.93. The third-order valence-corrected chi connectivity index (χ3v) is 4.45. The molecule has 1 amide bonds. The number of aryl methyl sites for hydroxylation is 1. The number of benzene rings is 2. The molecule has 4 heteroatoms. The third-order valence-electron chi connectivity index (χ3n) is 4.45. The molecular weight excluding hydrogens is 322 g/mol. The number of carbonyl (C=O) groups is 1. The molecule has 0 fully saturated rings. The number of para-hydroxylation sites is 1. The first-order valence-electron chi connectivity index (χ1n) is 9.10. The van der Waals surface area contributed by atoms with Gasteiger partial charge in [0.05, 0.1) is 17.4 Å². The largest absolute Gasteiger partial charge is 0.375 e. The molecule has 0 saturated heterocycles. The topological polar surface area (TPSA) is 45.2 Å². The number of anilines is 2. The molecule has 0 bridgehead atoms. The van der Waals surface area contributed by atoms with E-state index in [4.69, 9.17) is 0 Å². The lowest BCUT2D eigenvalue weighted by atomic mass is 10.1. The van der Waals surface area contributed by atoms with Crippen LogP contribution in [0, 0.1) is 0 Å². The second kappa shape index (κ2) is 8.48. The van der Waals surface area contributed by atoms with Crippen LogP contribution in [0.15, 0.2) is 60.8 Å². The van der Waals surface area contributed by atoms with E-state index in [1.54, 1.807) is 6.20 Å². The number of pyridine rings is 1. The van der Waals surface area contributed by atoms with Gasteiger partial charge in [-0.3, -0.25) is 9.78 Å². The minimum Gasteiger partial charge on any atom is -0.375 e. The van der Waals surface area contributed by atoms with Crippen LogP contribution in [0.2, 0.25) is 0 Å². The van der Waals surface area contributed by atoms with Crippen molar-refractivity contribution < 1.29 is 4.79 Å². The number of nitrogens with one attached hydrogen (secondary N) is 1. The van der Waals surface area contributed by atoms with E-state index < -0.39 is 0 Å². The summed E-state index contributed by atoms with van der Waals surface area (Å²) < 4.78 is 0. The highest BCUT2D eigenvalue weighted by atomic mass is 16.1. The highest BCUT2D eigenvalue weighted by Crippen LogP contribution is 2.17. The van der Waals surface area contributed by atoms with E-state index in [-0.39, 0.29) is 5.91 Å². The Morgan fingerprint density at radius 2 is 1.88 bits per heavy atom. The number of rotatable bonds is 7. The zero-order valence-corrected chi connectivity index (χ0v) is 15.4. The summed E-state index contributed by atoms with van der Waals surface area (Å²) in [5.74, 6) is 0.00857. The first kappa shape index (κ1) is 17.9.